The quantitative estimate of drug-likeness (QED) is 0.669. The van der Waals surface area contributed by atoms with Crippen molar-refractivity contribution in [2.24, 2.45) is 18.4 Å². The van der Waals surface area contributed by atoms with Gasteiger partial charge in [-0.1, -0.05) is 20.8 Å². The van der Waals surface area contributed by atoms with Crippen LogP contribution in [0.25, 0.3) is 0 Å². The highest BCUT2D eigenvalue weighted by Gasteiger charge is 2.56. The molecule has 78 valence electrons. The molecule has 2 unspecified atom stereocenters. The van der Waals surface area contributed by atoms with Crippen molar-refractivity contribution in [2.45, 2.75) is 40.5 Å². The van der Waals surface area contributed by atoms with Crippen molar-refractivity contribution in [3.63, 3.8) is 0 Å². The molecule has 0 amide bonds. The van der Waals surface area contributed by atoms with Gasteiger partial charge in [0, 0.05) is 12.7 Å². The molecule has 0 aliphatic heterocycles. The van der Waals surface area contributed by atoms with E-state index in [9.17, 15) is 0 Å². The minimum atomic E-state index is 0.471. The largest absolute Gasteiger partial charge is 0.272 e. The van der Waals surface area contributed by atoms with E-state index in [-0.39, 0.29) is 0 Å². The summed E-state index contributed by atoms with van der Waals surface area (Å²) in [5.74, 6) is 1.51. The average molecular weight is 192 g/mol. The molecule has 2 atom stereocenters. The van der Waals surface area contributed by atoms with Crippen molar-refractivity contribution in [3.8, 4) is 0 Å². The lowest BCUT2D eigenvalue weighted by atomic mass is 10.0. The second-order valence-corrected chi connectivity index (χ2v) is 5.30. The monoisotopic (exact) mass is 192 g/mol. The van der Waals surface area contributed by atoms with E-state index >= 15 is 0 Å². The SMILES string of the molecule is Cc1nn(C)c(C)c1C1C(C)C1(C)C. The third-order valence-electron chi connectivity index (χ3n) is 4.24. The molecular formula is C12H20N2. The van der Waals surface area contributed by atoms with Crippen LogP contribution in [0.4, 0.5) is 0 Å². The predicted molar refractivity (Wildman–Crippen MR) is 58.4 cm³/mol. The second-order valence-electron chi connectivity index (χ2n) is 5.30. The van der Waals surface area contributed by atoms with E-state index in [4.69, 9.17) is 0 Å². The van der Waals surface area contributed by atoms with Gasteiger partial charge >= 0.3 is 0 Å². The van der Waals surface area contributed by atoms with Gasteiger partial charge in [-0.2, -0.15) is 5.10 Å². The second kappa shape index (κ2) is 2.62. The van der Waals surface area contributed by atoms with E-state index in [0.717, 1.165) is 11.8 Å². The molecule has 0 N–H and O–H groups in total. The lowest BCUT2D eigenvalue weighted by Crippen LogP contribution is -1.95. The molecular weight excluding hydrogens is 172 g/mol. The average Bonchev–Trinajstić information content (AvgIpc) is 2.43. The maximum absolute atomic E-state index is 4.49. The van der Waals surface area contributed by atoms with E-state index < -0.39 is 0 Å². The fraction of sp³-hybridized carbons (Fsp3) is 0.750. The van der Waals surface area contributed by atoms with Gasteiger partial charge in [-0.25, -0.2) is 0 Å². The fourth-order valence-corrected chi connectivity index (χ4v) is 2.76. The summed E-state index contributed by atoms with van der Waals surface area (Å²) in [4.78, 5) is 0. The van der Waals surface area contributed by atoms with Crippen LogP contribution in [0.5, 0.6) is 0 Å². The van der Waals surface area contributed by atoms with Crippen LogP contribution in [0.15, 0.2) is 0 Å². The molecule has 1 aliphatic rings. The number of aromatic nitrogens is 2. The smallest absolute Gasteiger partial charge is 0.0631 e. The Bertz CT molecular complexity index is 374. The highest BCUT2D eigenvalue weighted by molar-refractivity contribution is 5.37. The standard InChI is InChI=1S/C12H20N2/c1-7-11(12(7,4)5)10-8(2)13-14(6)9(10)3/h7,11H,1-6H3. The van der Waals surface area contributed by atoms with Crippen molar-refractivity contribution in [1.82, 2.24) is 9.78 Å². The Kier molecular flexibility index (Phi) is 1.82. The van der Waals surface area contributed by atoms with Crippen LogP contribution in [-0.4, -0.2) is 9.78 Å². The highest BCUT2D eigenvalue weighted by atomic mass is 15.3. The summed E-state index contributed by atoms with van der Waals surface area (Å²) in [7, 11) is 2.03. The molecule has 0 saturated heterocycles. The summed E-state index contributed by atoms with van der Waals surface area (Å²) in [5.41, 5.74) is 4.51. The summed E-state index contributed by atoms with van der Waals surface area (Å²) >= 11 is 0. The van der Waals surface area contributed by atoms with E-state index in [1.54, 1.807) is 0 Å². The Morgan fingerprint density at radius 2 is 1.79 bits per heavy atom. The van der Waals surface area contributed by atoms with Gasteiger partial charge in [0.2, 0.25) is 0 Å². The summed E-state index contributed by atoms with van der Waals surface area (Å²) in [6, 6.07) is 0. The summed E-state index contributed by atoms with van der Waals surface area (Å²) in [5, 5.41) is 4.49. The number of hydrogen-bond acceptors (Lipinski definition) is 1. The van der Waals surface area contributed by atoms with E-state index in [0.29, 0.717) is 5.41 Å². The van der Waals surface area contributed by atoms with Crippen LogP contribution in [-0.2, 0) is 7.05 Å². The maximum atomic E-state index is 4.49. The molecule has 1 fully saturated rings. The van der Waals surface area contributed by atoms with Crippen LogP contribution < -0.4 is 0 Å². The van der Waals surface area contributed by atoms with E-state index in [1.807, 2.05) is 11.7 Å². The number of aryl methyl sites for hydroxylation is 2. The van der Waals surface area contributed by atoms with E-state index in [2.05, 4.69) is 39.7 Å². The zero-order valence-corrected chi connectivity index (χ0v) is 10.0. The van der Waals surface area contributed by atoms with Gasteiger partial charge in [0.05, 0.1) is 5.69 Å². The fourth-order valence-electron chi connectivity index (χ4n) is 2.76. The molecule has 2 rings (SSSR count). The lowest BCUT2D eigenvalue weighted by Gasteiger charge is -2.03. The Morgan fingerprint density at radius 3 is 2.07 bits per heavy atom. The topological polar surface area (TPSA) is 17.8 Å². The van der Waals surface area contributed by atoms with Crippen LogP contribution in [0.2, 0.25) is 0 Å². The maximum Gasteiger partial charge on any atom is 0.0631 e. The molecule has 0 bridgehead atoms. The van der Waals surface area contributed by atoms with Crippen molar-refractivity contribution < 1.29 is 0 Å². The molecule has 2 heteroatoms. The van der Waals surface area contributed by atoms with Crippen molar-refractivity contribution in [2.75, 3.05) is 0 Å². The summed E-state index contributed by atoms with van der Waals surface area (Å²) in [6.07, 6.45) is 0. The summed E-state index contributed by atoms with van der Waals surface area (Å²) in [6.45, 7) is 11.4. The molecule has 0 radical (unpaired) electrons. The van der Waals surface area contributed by atoms with Crippen LogP contribution in [0.1, 0.15) is 43.6 Å². The number of hydrogen-bond donors (Lipinski definition) is 0. The molecule has 0 spiro atoms. The first-order valence-corrected chi connectivity index (χ1v) is 5.37. The van der Waals surface area contributed by atoms with Gasteiger partial charge in [-0.05, 0) is 36.7 Å². The van der Waals surface area contributed by atoms with Crippen LogP contribution >= 0.6 is 0 Å². The minimum Gasteiger partial charge on any atom is -0.272 e. The van der Waals surface area contributed by atoms with Gasteiger partial charge in [0.25, 0.3) is 0 Å². The molecule has 1 aliphatic carbocycles. The normalized spacial score (nSPS) is 29.3. The Balaban J connectivity index is 2.44. The number of rotatable bonds is 1. The Labute approximate surface area is 86.3 Å². The van der Waals surface area contributed by atoms with Gasteiger partial charge in [0.1, 0.15) is 0 Å². The molecule has 1 saturated carbocycles. The van der Waals surface area contributed by atoms with Crippen LogP contribution in [0.3, 0.4) is 0 Å². The zero-order chi connectivity index (χ0) is 10.7. The first kappa shape index (κ1) is 9.75. The molecule has 1 aromatic heterocycles. The Morgan fingerprint density at radius 1 is 1.29 bits per heavy atom. The minimum absolute atomic E-state index is 0.471. The molecule has 14 heavy (non-hydrogen) atoms. The predicted octanol–water partition coefficient (Wildman–Crippen LogP) is 2.80. The van der Waals surface area contributed by atoms with Gasteiger partial charge in [-0.3, -0.25) is 4.68 Å². The summed E-state index contributed by atoms with van der Waals surface area (Å²) < 4.78 is 2.01. The first-order valence-electron chi connectivity index (χ1n) is 5.37. The lowest BCUT2D eigenvalue weighted by molar-refractivity contribution is 0.574. The van der Waals surface area contributed by atoms with Crippen molar-refractivity contribution >= 4 is 0 Å². The van der Waals surface area contributed by atoms with Crippen LogP contribution in [0, 0.1) is 25.2 Å². The molecule has 1 heterocycles. The molecule has 1 aromatic rings. The third kappa shape index (κ3) is 1.06. The first-order chi connectivity index (χ1) is 6.37. The number of nitrogens with zero attached hydrogens (tertiary/aromatic N) is 2. The van der Waals surface area contributed by atoms with Crippen molar-refractivity contribution in [3.05, 3.63) is 17.0 Å². The van der Waals surface area contributed by atoms with Gasteiger partial charge in [0.15, 0.2) is 0 Å². The van der Waals surface area contributed by atoms with Gasteiger partial charge < -0.3 is 0 Å². The van der Waals surface area contributed by atoms with Gasteiger partial charge in [-0.15, -0.1) is 0 Å². The highest BCUT2D eigenvalue weighted by Crippen LogP contribution is 2.64. The Hall–Kier alpha value is -0.790. The molecule has 2 nitrogen and oxygen atoms in total. The van der Waals surface area contributed by atoms with E-state index in [1.165, 1.54) is 17.0 Å². The third-order valence-corrected chi connectivity index (χ3v) is 4.24. The molecule has 0 aromatic carbocycles. The van der Waals surface area contributed by atoms with Crippen molar-refractivity contribution in [1.29, 1.82) is 0 Å². The zero-order valence-electron chi connectivity index (χ0n) is 10.0.